The number of nitrogens with one attached hydrogen (secondary N) is 1. The summed E-state index contributed by atoms with van der Waals surface area (Å²) in [6, 6.07) is 8.51. The number of nitrogens with zero attached hydrogens (tertiary/aromatic N) is 4. The molecule has 1 aromatic heterocycles. The quantitative estimate of drug-likeness (QED) is 0.861. The third kappa shape index (κ3) is 4.84. The summed E-state index contributed by atoms with van der Waals surface area (Å²) in [4.78, 5) is 16.5. The van der Waals surface area contributed by atoms with Crippen LogP contribution in [-0.4, -0.2) is 65.3 Å². The third-order valence-electron chi connectivity index (χ3n) is 4.68. The topological polar surface area (TPSA) is 53.4 Å². The van der Waals surface area contributed by atoms with Crippen LogP contribution in [0.15, 0.2) is 30.5 Å². The fourth-order valence-electron chi connectivity index (χ4n) is 3.30. The molecule has 1 amide bonds. The van der Waals surface area contributed by atoms with E-state index < -0.39 is 0 Å². The third-order valence-corrected chi connectivity index (χ3v) is 4.68. The molecule has 1 saturated heterocycles. The van der Waals surface area contributed by atoms with Gasteiger partial charge in [0.25, 0.3) is 0 Å². The maximum Gasteiger partial charge on any atom is 0.236 e. The largest absolute Gasteiger partial charge is 0.339 e. The summed E-state index contributed by atoms with van der Waals surface area (Å²) in [5, 5.41) is 7.57. The molecule has 142 valence electrons. The van der Waals surface area contributed by atoms with Crippen LogP contribution < -0.4 is 5.32 Å². The number of likely N-dealkylation sites (N-methyl/N-ethyl adjacent to an activating group) is 1. The predicted molar refractivity (Wildman–Crippen MR) is 106 cm³/mol. The number of aryl methyl sites for hydroxylation is 2. The molecule has 3 rings (SSSR count). The van der Waals surface area contributed by atoms with Gasteiger partial charge in [0.05, 0.1) is 12.2 Å². The number of hydrogen-bond acceptors (Lipinski definition) is 4. The highest BCUT2D eigenvalue weighted by Crippen LogP contribution is 2.25. The molecule has 0 atom stereocenters. The van der Waals surface area contributed by atoms with Crippen molar-refractivity contribution in [1.82, 2.24) is 24.9 Å². The van der Waals surface area contributed by atoms with Gasteiger partial charge in [-0.25, -0.2) is 0 Å². The average molecular weight is 378 g/mol. The number of carbonyl (C=O) groups is 1. The van der Waals surface area contributed by atoms with Crippen molar-refractivity contribution in [3.05, 3.63) is 41.6 Å². The van der Waals surface area contributed by atoms with Crippen LogP contribution in [0.2, 0.25) is 0 Å². The molecule has 0 bridgehead atoms. The molecule has 7 heteroatoms. The Morgan fingerprint density at radius 2 is 2.00 bits per heavy atom. The lowest BCUT2D eigenvalue weighted by Gasteiger charge is -2.29. The van der Waals surface area contributed by atoms with Crippen LogP contribution in [0.5, 0.6) is 0 Å². The van der Waals surface area contributed by atoms with Crippen molar-refractivity contribution in [2.45, 2.75) is 13.5 Å². The second-order valence-corrected chi connectivity index (χ2v) is 6.80. The van der Waals surface area contributed by atoms with Crippen LogP contribution >= 0.6 is 12.4 Å². The van der Waals surface area contributed by atoms with Gasteiger partial charge in [0.15, 0.2) is 0 Å². The normalized spacial score (nSPS) is 14.4. The van der Waals surface area contributed by atoms with Crippen LogP contribution in [0.3, 0.4) is 0 Å². The predicted octanol–water partition coefficient (Wildman–Crippen LogP) is 1.68. The van der Waals surface area contributed by atoms with Crippen molar-refractivity contribution in [2.75, 3.05) is 39.8 Å². The van der Waals surface area contributed by atoms with Crippen LogP contribution in [0.4, 0.5) is 0 Å². The fourth-order valence-corrected chi connectivity index (χ4v) is 3.30. The number of piperazine rings is 1. The van der Waals surface area contributed by atoms with Crippen LogP contribution in [0.25, 0.3) is 11.3 Å². The Balaban J connectivity index is 0.00000243. The number of aromatic nitrogens is 2. The smallest absolute Gasteiger partial charge is 0.236 e. The molecule has 2 heterocycles. The van der Waals surface area contributed by atoms with E-state index in [1.165, 1.54) is 16.7 Å². The van der Waals surface area contributed by atoms with Gasteiger partial charge >= 0.3 is 0 Å². The SMILES string of the molecule is Cc1ccc(CN(C)CC(=O)N2CCNCC2)c(-c2ccnn2C)c1.Cl. The summed E-state index contributed by atoms with van der Waals surface area (Å²) in [6.45, 7) is 6.66. The van der Waals surface area contributed by atoms with E-state index in [4.69, 9.17) is 0 Å². The molecule has 0 aliphatic carbocycles. The standard InChI is InChI=1S/C19H27N5O.ClH/c1-15-4-5-16(17(12-15)18-6-7-21-23(18)3)13-22(2)14-19(25)24-10-8-20-9-11-24;/h4-7,12,20H,8-11,13-14H2,1-3H3;1H. The molecule has 0 unspecified atom stereocenters. The van der Waals surface area contributed by atoms with Gasteiger partial charge in [0, 0.05) is 51.5 Å². The van der Waals surface area contributed by atoms with Crippen LogP contribution in [0, 0.1) is 6.92 Å². The Hall–Kier alpha value is -1.89. The minimum Gasteiger partial charge on any atom is -0.339 e. The zero-order valence-corrected chi connectivity index (χ0v) is 16.6. The van der Waals surface area contributed by atoms with Crippen LogP contribution in [-0.2, 0) is 18.4 Å². The zero-order valence-electron chi connectivity index (χ0n) is 15.7. The molecule has 1 fully saturated rings. The lowest BCUT2D eigenvalue weighted by atomic mass is 10.0. The van der Waals surface area contributed by atoms with Crippen molar-refractivity contribution in [3.63, 3.8) is 0 Å². The van der Waals surface area contributed by atoms with Gasteiger partial charge in [0.2, 0.25) is 5.91 Å². The van der Waals surface area contributed by atoms with Gasteiger partial charge in [-0.15, -0.1) is 12.4 Å². The van der Waals surface area contributed by atoms with E-state index in [9.17, 15) is 4.79 Å². The number of rotatable bonds is 5. The Bertz CT molecular complexity index is 739. The summed E-state index contributed by atoms with van der Waals surface area (Å²) >= 11 is 0. The molecular formula is C19H28ClN5O. The number of hydrogen-bond donors (Lipinski definition) is 1. The average Bonchev–Trinajstić information content (AvgIpc) is 3.03. The second-order valence-electron chi connectivity index (χ2n) is 6.80. The van der Waals surface area contributed by atoms with Crippen molar-refractivity contribution in [1.29, 1.82) is 0 Å². The van der Waals surface area contributed by atoms with Gasteiger partial charge < -0.3 is 10.2 Å². The summed E-state index contributed by atoms with van der Waals surface area (Å²) in [7, 11) is 3.96. The molecule has 1 N–H and O–H groups in total. The molecule has 0 radical (unpaired) electrons. The summed E-state index contributed by atoms with van der Waals surface area (Å²) in [6.07, 6.45) is 1.82. The monoisotopic (exact) mass is 377 g/mol. The number of carbonyl (C=O) groups excluding carboxylic acids is 1. The molecule has 0 saturated carbocycles. The first-order valence-corrected chi connectivity index (χ1v) is 8.79. The summed E-state index contributed by atoms with van der Waals surface area (Å²) in [5.74, 6) is 0.207. The van der Waals surface area contributed by atoms with Gasteiger partial charge in [-0.2, -0.15) is 5.10 Å². The van der Waals surface area contributed by atoms with E-state index in [1.54, 1.807) is 0 Å². The number of amides is 1. The van der Waals surface area contributed by atoms with E-state index >= 15 is 0 Å². The van der Waals surface area contributed by atoms with E-state index in [-0.39, 0.29) is 18.3 Å². The van der Waals surface area contributed by atoms with Crippen molar-refractivity contribution in [3.8, 4) is 11.3 Å². The van der Waals surface area contributed by atoms with Crippen molar-refractivity contribution >= 4 is 18.3 Å². The fraction of sp³-hybridized carbons (Fsp3) is 0.474. The molecule has 1 aliphatic rings. The molecular weight excluding hydrogens is 350 g/mol. The molecule has 6 nitrogen and oxygen atoms in total. The second kappa shape index (κ2) is 9.16. The molecule has 2 aromatic rings. The highest BCUT2D eigenvalue weighted by molar-refractivity contribution is 5.85. The summed E-state index contributed by atoms with van der Waals surface area (Å²) < 4.78 is 1.89. The van der Waals surface area contributed by atoms with Gasteiger partial charge in [-0.05, 0) is 31.7 Å². The van der Waals surface area contributed by atoms with Gasteiger partial charge in [-0.1, -0.05) is 17.7 Å². The minimum atomic E-state index is 0. The summed E-state index contributed by atoms with van der Waals surface area (Å²) in [5.41, 5.74) is 4.71. The molecule has 26 heavy (non-hydrogen) atoms. The maximum absolute atomic E-state index is 12.5. The highest BCUT2D eigenvalue weighted by atomic mass is 35.5. The Kier molecular flexibility index (Phi) is 7.20. The minimum absolute atomic E-state index is 0. The Morgan fingerprint density at radius 1 is 1.27 bits per heavy atom. The number of benzene rings is 1. The van der Waals surface area contributed by atoms with E-state index in [2.05, 4.69) is 40.4 Å². The molecule has 0 spiro atoms. The van der Waals surface area contributed by atoms with Crippen molar-refractivity contribution < 1.29 is 4.79 Å². The first kappa shape index (κ1) is 20.4. The van der Waals surface area contributed by atoms with Crippen LogP contribution in [0.1, 0.15) is 11.1 Å². The van der Waals surface area contributed by atoms with E-state index in [0.29, 0.717) is 6.54 Å². The number of halogens is 1. The zero-order chi connectivity index (χ0) is 17.8. The Morgan fingerprint density at radius 3 is 2.65 bits per heavy atom. The maximum atomic E-state index is 12.5. The van der Waals surface area contributed by atoms with E-state index in [1.807, 2.05) is 35.9 Å². The lowest BCUT2D eigenvalue weighted by molar-refractivity contribution is -0.132. The lowest BCUT2D eigenvalue weighted by Crippen LogP contribution is -2.49. The first-order chi connectivity index (χ1) is 12.0. The van der Waals surface area contributed by atoms with E-state index in [0.717, 1.165) is 38.4 Å². The van der Waals surface area contributed by atoms with Crippen molar-refractivity contribution in [2.24, 2.45) is 7.05 Å². The molecule has 1 aliphatic heterocycles. The Labute approximate surface area is 161 Å². The van der Waals surface area contributed by atoms with Gasteiger partial charge in [-0.3, -0.25) is 14.4 Å². The highest BCUT2D eigenvalue weighted by Gasteiger charge is 2.18. The van der Waals surface area contributed by atoms with Gasteiger partial charge in [0.1, 0.15) is 0 Å². The molecule has 1 aromatic carbocycles. The first-order valence-electron chi connectivity index (χ1n) is 8.79.